The van der Waals surface area contributed by atoms with Gasteiger partial charge in [-0.15, -0.1) is 11.7 Å². The number of aryl methyl sites for hydroxylation is 1. The van der Waals surface area contributed by atoms with Gasteiger partial charge in [-0.2, -0.15) is 17.9 Å². The third-order valence-electron chi connectivity index (χ3n) is 2.79. The van der Waals surface area contributed by atoms with E-state index in [4.69, 9.17) is 16.3 Å². The molecule has 24 heavy (non-hydrogen) atoms. The van der Waals surface area contributed by atoms with Gasteiger partial charge < -0.3 is 10.1 Å². The summed E-state index contributed by atoms with van der Waals surface area (Å²) < 4.78 is 44.0. The molecule has 2 aromatic heterocycles. The molecule has 0 aliphatic heterocycles. The number of carbonyl (C=O) groups excluding carboxylic acids is 1. The Morgan fingerprint density at radius 2 is 2.21 bits per heavy atom. The molecule has 0 bridgehead atoms. The van der Waals surface area contributed by atoms with Crippen molar-refractivity contribution < 1.29 is 22.7 Å². The lowest BCUT2D eigenvalue weighted by molar-refractivity contribution is -0.137. The third-order valence-corrected chi connectivity index (χ3v) is 3.06. The van der Waals surface area contributed by atoms with Crippen molar-refractivity contribution >= 4 is 17.6 Å². The molecule has 0 fully saturated rings. The van der Waals surface area contributed by atoms with Crippen molar-refractivity contribution in [2.45, 2.75) is 13.1 Å². The van der Waals surface area contributed by atoms with Crippen molar-refractivity contribution in [2.75, 3.05) is 6.54 Å². The zero-order valence-corrected chi connectivity index (χ0v) is 13.1. The highest BCUT2D eigenvalue weighted by molar-refractivity contribution is 6.31. The first-order valence-electron chi connectivity index (χ1n) is 6.58. The van der Waals surface area contributed by atoms with Gasteiger partial charge in [0.1, 0.15) is 5.02 Å². The first kappa shape index (κ1) is 17.8. The van der Waals surface area contributed by atoms with Crippen LogP contribution in [0.3, 0.4) is 0 Å². The molecule has 0 saturated carbocycles. The number of amides is 1. The van der Waals surface area contributed by atoms with Crippen LogP contribution in [0.2, 0.25) is 5.02 Å². The zero-order valence-electron chi connectivity index (χ0n) is 12.4. The predicted molar refractivity (Wildman–Crippen MR) is 80.3 cm³/mol. The summed E-state index contributed by atoms with van der Waals surface area (Å²) in [6.07, 6.45) is -2.46. The first-order chi connectivity index (χ1) is 11.2. The van der Waals surface area contributed by atoms with Crippen molar-refractivity contribution in [1.82, 2.24) is 20.1 Å². The highest BCUT2D eigenvalue weighted by atomic mass is 35.5. The Balaban J connectivity index is 2.20. The van der Waals surface area contributed by atoms with E-state index in [1.165, 1.54) is 12.1 Å². The van der Waals surface area contributed by atoms with Crippen LogP contribution in [-0.4, -0.2) is 27.3 Å². The van der Waals surface area contributed by atoms with E-state index in [9.17, 15) is 18.0 Å². The summed E-state index contributed by atoms with van der Waals surface area (Å²) in [7, 11) is 0. The molecule has 0 saturated heterocycles. The van der Waals surface area contributed by atoms with E-state index in [0.29, 0.717) is 18.0 Å². The highest BCUT2D eigenvalue weighted by Gasteiger charge is 2.32. The molecule has 0 unspecified atom stereocenters. The lowest BCUT2D eigenvalue weighted by atomic mass is 10.3. The standard InChI is InChI=1S/C14H12ClF3N4O2/c1-3-4-19-13(23)22-8(2)5-11(21-22)24-12-10(15)6-9(7-20-12)14(16,17)18/h3,5-7H,1,4H2,2H3,(H,19,23). The second-order valence-electron chi connectivity index (χ2n) is 4.62. The van der Waals surface area contributed by atoms with E-state index in [2.05, 4.69) is 22.0 Å². The van der Waals surface area contributed by atoms with E-state index in [0.717, 1.165) is 4.68 Å². The monoisotopic (exact) mass is 360 g/mol. The summed E-state index contributed by atoms with van der Waals surface area (Å²) in [6.45, 7) is 5.33. The molecule has 0 spiro atoms. The van der Waals surface area contributed by atoms with Crippen LogP contribution >= 0.6 is 11.6 Å². The number of aromatic nitrogens is 3. The Hall–Kier alpha value is -2.55. The molecule has 6 nitrogen and oxygen atoms in total. The second kappa shape index (κ2) is 6.91. The molecule has 1 amide bonds. The molecule has 1 N–H and O–H groups in total. The second-order valence-corrected chi connectivity index (χ2v) is 5.03. The Kier molecular flexibility index (Phi) is 5.13. The van der Waals surface area contributed by atoms with E-state index in [1.807, 2.05) is 0 Å². The first-order valence-corrected chi connectivity index (χ1v) is 6.96. The number of carbonyl (C=O) groups is 1. The Bertz CT molecular complexity index is 774. The van der Waals surface area contributed by atoms with Crippen molar-refractivity contribution in [3.63, 3.8) is 0 Å². The average Bonchev–Trinajstić information content (AvgIpc) is 2.86. The lowest BCUT2D eigenvalue weighted by Crippen LogP contribution is -2.30. The van der Waals surface area contributed by atoms with Crippen LogP contribution in [0, 0.1) is 6.92 Å². The predicted octanol–water partition coefficient (Wildman–Crippen LogP) is 3.79. The van der Waals surface area contributed by atoms with Gasteiger partial charge in [-0.25, -0.2) is 9.78 Å². The quantitative estimate of drug-likeness (QED) is 0.842. The zero-order chi connectivity index (χ0) is 17.9. The SMILES string of the molecule is C=CCNC(=O)n1nc(Oc2ncc(C(F)(F)F)cc2Cl)cc1C. The molecule has 0 aliphatic carbocycles. The molecular formula is C14H12ClF3N4O2. The Labute approximate surface area is 139 Å². The summed E-state index contributed by atoms with van der Waals surface area (Å²) in [5, 5.41) is 6.09. The summed E-state index contributed by atoms with van der Waals surface area (Å²) in [5.74, 6) is -0.281. The van der Waals surface area contributed by atoms with Crippen molar-refractivity contribution in [2.24, 2.45) is 0 Å². The minimum absolute atomic E-state index is 0.0320. The molecule has 0 aromatic carbocycles. The van der Waals surface area contributed by atoms with Gasteiger partial charge in [-0.1, -0.05) is 17.7 Å². The van der Waals surface area contributed by atoms with E-state index in [1.54, 1.807) is 6.92 Å². The van der Waals surface area contributed by atoms with Crippen LogP contribution in [0.5, 0.6) is 11.8 Å². The maximum atomic E-state index is 12.6. The fraction of sp³-hybridized carbons (Fsp3) is 0.214. The molecule has 2 heterocycles. The fourth-order valence-corrected chi connectivity index (χ4v) is 1.90. The summed E-state index contributed by atoms with van der Waals surface area (Å²) in [6, 6.07) is 1.61. The molecule has 0 radical (unpaired) electrons. The Morgan fingerprint density at radius 3 is 2.79 bits per heavy atom. The van der Waals surface area contributed by atoms with Crippen LogP contribution in [0.4, 0.5) is 18.0 Å². The van der Waals surface area contributed by atoms with Crippen LogP contribution in [0.15, 0.2) is 31.0 Å². The molecule has 2 aromatic rings. The third kappa shape index (κ3) is 4.05. The lowest BCUT2D eigenvalue weighted by Gasteiger charge is -2.08. The number of hydrogen-bond donors (Lipinski definition) is 1. The van der Waals surface area contributed by atoms with Crippen LogP contribution < -0.4 is 10.1 Å². The summed E-state index contributed by atoms with van der Waals surface area (Å²) in [5.41, 5.74) is -0.542. The minimum Gasteiger partial charge on any atom is -0.417 e. The van der Waals surface area contributed by atoms with Gasteiger partial charge in [0, 0.05) is 18.8 Å². The number of rotatable bonds is 4. The van der Waals surface area contributed by atoms with Crippen molar-refractivity contribution in [3.05, 3.63) is 47.3 Å². The molecule has 128 valence electrons. The average molecular weight is 361 g/mol. The van der Waals surface area contributed by atoms with E-state index >= 15 is 0 Å². The number of pyridine rings is 1. The number of nitrogens with zero attached hydrogens (tertiary/aromatic N) is 3. The molecular weight excluding hydrogens is 349 g/mol. The van der Waals surface area contributed by atoms with E-state index in [-0.39, 0.29) is 23.3 Å². The van der Waals surface area contributed by atoms with Gasteiger partial charge in [-0.05, 0) is 13.0 Å². The van der Waals surface area contributed by atoms with Gasteiger partial charge >= 0.3 is 12.2 Å². The number of nitrogens with one attached hydrogen (secondary N) is 1. The van der Waals surface area contributed by atoms with Gasteiger partial charge in [-0.3, -0.25) is 0 Å². The molecule has 2 rings (SSSR count). The fourth-order valence-electron chi connectivity index (χ4n) is 1.69. The number of alkyl halides is 3. The van der Waals surface area contributed by atoms with Gasteiger partial charge in [0.15, 0.2) is 0 Å². The van der Waals surface area contributed by atoms with Crippen molar-refractivity contribution in [1.29, 1.82) is 0 Å². The maximum Gasteiger partial charge on any atom is 0.417 e. The van der Waals surface area contributed by atoms with Crippen molar-refractivity contribution in [3.8, 4) is 11.8 Å². The topological polar surface area (TPSA) is 69.0 Å². The summed E-state index contributed by atoms with van der Waals surface area (Å²) in [4.78, 5) is 15.4. The molecule has 0 atom stereocenters. The van der Waals surface area contributed by atoms with Gasteiger partial charge in [0.25, 0.3) is 0 Å². The molecule has 10 heteroatoms. The smallest absolute Gasteiger partial charge is 0.417 e. The summed E-state index contributed by atoms with van der Waals surface area (Å²) >= 11 is 5.75. The normalized spacial score (nSPS) is 11.2. The highest BCUT2D eigenvalue weighted by Crippen LogP contribution is 2.34. The Morgan fingerprint density at radius 1 is 1.50 bits per heavy atom. The van der Waals surface area contributed by atoms with Gasteiger partial charge in [0.2, 0.25) is 11.8 Å². The van der Waals surface area contributed by atoms with Crippen LogP contribution in [-0.2, 0) is 6.18 Å². The van der Waals surface area contributed by atoms with Gasteiger partial charge in [0.05, 0.1) is 11.3 Å². The maximum absolute atomic E-state index is 12.6. The number of hydrogen-bond acceptors (Lipinski definition) is 4. The van der Waals surface area contributed by atoms with E-state index < -0.39 is 17.8 Å². The van der Waals surface area contributed by atoms with Crippen LogP contribution in [0.1, 0.15) is 11.3 Å². The largest absolute Gasteiger partial charge is 0.417 e. The number of halogens is 4. The minimum atomic E-state index is -4.56. The number of ether oxygens (including phenoxy) is 1. The molecule has 0 aliphatic rings. The van der Waals surface area contributed by atoms with Crippen LogP contribution in [0.25, 0.3) is 0 Å².